The largest absolute Gasteiger partial charge is 0.477 e. The van der Waals surface area contributed by atoms with Gasteiger partial charge in [0.25, 0.3) is 5.91 Å². The molecule has 0 spiro atoms. The van der Waals surface area contributed by atoms with E-state index >= 15 is 0 Å². The topological polar surface area (TPSA) is 152 Å². The SMILES string of the molecule is C=CC1=C(C(=O)O)N2C(=O)C(NC(=O)C(N)c3csc(N)n3)[C@@H]2SC1. The number of thioether (sulfide) groups is 1. The number of nitrogen functional groups attached to an aromatic ring is 1. The summed E-state index contributed by atoms with van der Waals surface area (Å²) in [5.74, 6) is -1.87. The van der Waals surface area contributed by atoms with Gasteiger partial charge in [0.1, 0.15) is 23.2 Å². The van der Waals surface area contributed by atoms with Crippen LogP contribution >= 0.6 is 23.1 Å². The van der Waals surface area contributed by atoms with Gasteiger partial charge in [-0.15, -0.1) is 23.1 Å². The van der Waals surface area contributed by atoms with E-state index in [4.69, 9.17) is 11.5 Å². The maximum absolute atomic E-state index is 12.4. The highest BCUT2D eigenvalue weighted by atomic mass is 32.2. The van der Waals surface area contributed by atoms with Crippen LogP contribution in [0, 0.1) is 0 Å². The lowest BCUT2D eigenvalue weighted by Crippen LogP contribution is -2.71. The van der Waals surface area contributed by atoms with Gasteiger partial charge in [-0.05, 0) is 5.57 Å². The number of β-lactam (4-membered cyclic amide) rings is 1. The summed E-state index contributed by atoms with van der Waals surface area (Å²) in [5.41, 5.74) is 12.1. The number of fused-ring (bicyclic) bond motifs is 1. The van der Waals surface area contributed by atoms with Crippen molar-refractivity contribution in [3.05, 3.63) is 35.0 Å². The van der Waals surface area contributed by atoms with Crippen LogP contribution in [0.25, 0.3) is 0 Å². The zero-order chi connectivity index (χ0) is 18.3. The number of nitrogens with two attached hydrogens (primary N) is 2. The van der Waals surface area contributed by atoms with E-state index in [1.165, 1.54) is 22.7 Å². The fourth-order valence-corrected chi connectivity index (χ4v) is 4.56. The van der Waals surface area contributed by atoms with Crippen molar-refractivity contribution in [2.24, 2.45) is 5.73 Å². The van der Waals surface area contributed by atoms with Gasteiger partial charge >= 0.3 is 5.97 Å². The predicted molar refractivity (Wildman–Crippen MR) is 93.3 cm³/mol. The molecule has 132 valence electrons. The number of rotatable bonds is 5. The van der Waals surface area contributed by atoms with Gasteiger partial charge in [0.15, 0.2) is 5.13 Å². The minimum atomic E-state index is -1.20. The molecule has 0 aliphatic carbocycles. The van der Waals surface area contributed by atoms with E-state index in [0.717, 1.165) is 11.3 Å². The second kappa shape index (κ2) is 6.50. The normalized spacial score (nSPS) is 23.6. The van der Waals surface area contributed by atoms with E-state index in [2.05, 4.69) is 16.9 Å². The second-order valence-electron chi connectivity index (χ2n) is 5.37. The summed E-state index contributed by atoms with van der Waals surface area (Å²) in [6.45, 7) is 3.58. The minimum absolute atomic E-state index is 0.0918. The molecular formula is C14H15N5O4S2. The number of amides is 2. The summed E-state index contributed by atoms with van der Waals surface area (Å²) < 4.78 is 0. The molecule has 9 nitrogen and oxygen atoms in total. The third kappa shape index (κ3) is 2.90. The zero-order valence-electron chi connectivity index (χ0n) is 12.8. The van der Waals surface area contributed by atoms with E-state index in [1.807, 2.05) is 0 Å². The van der Waals surface area contributed by atoms with Crippen molar-refractivity contribution < 1.29 is 19.5 Å². The minimum Gasteiger partial charge on any atom is -0.477 e. The first-order valence-electron chi connectivity index (χ1n) is 7.15. The number of aliphatic carboxylic acids is 1. The van der Waals surface area contributed by atoms with Gasteiger partial charge in [0, 0.05) is 11.1 Å². The van der Waals surface area contributed by atoms with Crippen LogP contribution in [0.1, 0.15) is 11.7 Å². The molecule has 1 aromatic rings. The Morgan fingerprint density at radius 2 is 2.28 bits per heavy atom. The van der Waals surface area contributed by atoms with Gasteiger partial charge in [-0.2, -0.15) is 0 Å². The summed E-state index contributed by atoms with van der Waals surface area (Å²) in [7, 11) is 0. The fourth-order valence-electron chi connectivity index (χ4n) is 2.62. The van der Waals surface area contributed by atoms with Crippen molar-refractivity contribution in [3.8, 4) is 0 Å². The standard InChI is InChI=1S/C14H15N5O4S2/c1-2-5-3-24-12-8(11(21)19(12)9(5)13(22)23)18-10(20)7(15)6-4-25-14(16)17-6/h2,4,7-8,12H,1,3,15H2,(H2,16,17)(H,18,20)(H,22,23)/t7?,8?,12-/m0/s1. The highest BCUT2D eigenvalue weighted by molar-refractivity contribution is 8.00. The zero-order valence-corrected chi connectivity index (χ0v) is 14.5. The van der Waals surface area contributed by atoms with Crippen LogP contribution in [0.3, 0.4) is 0 Å². The van der Waals surface area contributed by atoms with E-state index in [-0.39, 0.29) is 5.70 Å². The van der Waals surface area contributed by atoms with Gasteiger partial charge in [0.05, 0.1) is 5.69 Å². The Bertz CT molecular complexity index is 805. The van der Waals surface area contributed by atoms with Crippen molar-refractivity contribution >= 4 is 46.0 Å². The first-order chi connectivity index (χ1) is 11.8. The molecule has 25 heavy (non-hydrogen) atoms. The molecule has 2 aliphatic heterocycles. The predicted octanol–water partition coefficient (Wildman–Crippen LogP) is -0.350. The van der Waals surface area contributed by atoms with Crippen LogP contribution in [0.2, 0.25) is 0 Å². The Balaban J connectivity index is 1.73. The summed E-state index contributed by atoms with van der Waals surface area (Å²) >= 11 is 2.52. The molecule has 11 heteroatoms. The highest BCUT2D eigenvalue weighted by Gasteiger charge is 2.54. The third-order valence-electron chi connectivity index (χ3n) is 3.89. The number of carbonyl (C=O) groups excluding carboxylic acids is 2. The van der Waals surface area contributed by atoms with Crippen molar-refractivity contribution in [3.63, 3.8) is 0 Å². The number of hydrogen-bond donors (Lipinski definition) is 4. The molecule has 3 heterocycles. The van der Waals surface area contributed by atoms with Crippen molar-refractivity contribution in [1.29, 1.82) is 0 Å². The van der Waals surface area contributed by atoms with Crippen molar-refractivity contribution in [1.82, 2.24) is 15.2 Å². The van der Waals surface area contributed by atoms with Crippen LogP contribution < -0.4 is 16.8 Å². The van der Waals surface area contributed by atoms with Crippen LogP contribution in [0.4, 0.5) is 5.13 Å². The molecule has 0 bridgehead atoms. The quantitative estimate of drug-likeness (QED) is 0.505. The Labute approximate surface area is 150 Å². The van der Waals surface area contributed by atoms with E-state index in [9.17, 15) is 19.5 Å². The van der Waals surface area contributed by atoms with Gasteiger partial charge in [-0.1, -0.05) is 12.7 Å². The van der Waals surface area contributed by atoms with E-state index < -0.39 is 35.2 Å². The molecule has 0 aromatic carbocycles. The fraction of sp³-hybridized carbons (Fsp3) is 0.286. The summed E-state index contributed by atoms with van der Waals surface area (Å²) in [6, 6.07) is -1.89. The second-order valence-corrected chi connectivity index (χ2v) is 7.36. The first-order valence-corrected chi connectivity index (χ1v) is 9.08. The number of nitrogens with one attached hydrogen (secondary N) is 1. The average molecular weight is 381 g/mol. The molecule has 3 atom stereocenters. The lowest BCUT2D eigenvalue weighted by molar-refractivity contribution is -0.150. The molecule has 2 amide bonds. The number of allylic oxidation sites excluding steroid dienone is 1. The van der Waals surface area contributed by atoms with Crippen molar-refractivity contribution in [2.75, 3.05) is 11.5 Å². The average Bonchev–Trinajstić information content (AvgIpc) is 3.03. The maximum atomic E-state index is 12.4. The molecule has 6 N–H and O–H groups in total. The van der Waals surface area contributed by atoms with Crippen LogP contribution in [0.5, 0.6) is 0 Å². The molecule has 1 saturated heterocycles. The maximum Gasteiger partial charge on any atom is 0.352 e. The number of carbonyl (C=O) groups is 3. The highest BCUT2D eigenvalue weighted by Crippen LogP contribution is 2.40. The lowest BCUT2D eigenvalue weighted by atomic mass is 10.0. The number of carboxylic acid groups (broad SMARTS) is 1. The van der Waals surface area contributed by atoms with Gasteiger partial charge in [-0.25, -0.2) is 9.78 Å². The molecule has 3 rings (SSSR count). The monoisotopic (exact) mass is 381 g/mol. The number of nitrogens with zero attached hydrogens (tertiary/aromatic N) is 2. The number of aromatic nitrogens is 1. The van der Waals surface area contributed by atoms with E-state index in [0.29, 0.717) is 22.2 Å². The molecular weight excluding hydrogens is 366 g/mol. The van der Waals surface area contributed by atoms with Crippen LogP contribution in [-0.2, 0) is 14.4 Å². The molecule has 1 aromatic heterocycles. The van der Waals surface area contributed by atoms with Crippen molar-refractivity contribution in [2.45, 2.75) is 17.5 Å². The molecule has 1 fully saturated rings. The first kappa shape index (κ1) is 17.5. The Morgan fingerprint density at radius 1 is 1.56 bits per heavy atom. The number of thiazole rings is 1. The van der Waals surface area contributed by atoms with Gasteiger partial charge in [0.2, 0.25) is 5.91 Å². The van der Waals surface area contributed by atoms with Gasteiger partial charge in [-0.3, -0.25) is 14.5 Å². The summed E-state index contributed by atoms with van der Waals surface area (Å²) in [5, 5.41) is 13.3. The van der Waals surface area contributed by atoms with E-state index in [1.54, 1.807) is 5.38 Å². The Kier molecular flexibility index (Phi) is 4.54. The Morgan fingerprint density at radius 3 is 2.84 bits per heavy atom. The smallest absolute Gasteiger partial charge is 0.352 e. The van der Waals surface area contributed by atoms with Crippen LogP contribution in [0.15, 0.2) is 29.3 Å². The third-order valence-corrected chi connectivity index (χ3v) is 5.88. The number of anilines is 1. The number of hydrogen-bond acceptors (Lipinski definition) is 8. The molecule has 0 radical (unpaired) electrons. The molecule has 2 unspecified atom stereocenters. The summed E-state index contributed by atoms with van der Waals surface area (Å²) in [6.07, 6.45) is 1.43. The summed E-state index contributed by atoms with van der Waals surface area (Å²) in [4.78, 5) is 41.2. The number of carboxylic acids is 1. The van der Waals surface area contributed by atoms with Crippen LogP contribution in [-0.4, -0.2) is 49.9 Å². The molecule has 0 saturated carbocycles. The Hall–Kier alpha value is -2.37. The molecule has 2 aliphatic rings. The van der Waals surface area contributed by atoms with Gasteiger partial charge < -0.3 is 21.9 Å². The lowest BCUT2D eigenvalue weighted by Gasteiger charge is -2.49.